The van der Waals surface area contributed by atoms with E-state index in [1.807, 2.05) is 43.3 Å². The fourth-order valence-electron chi connectivity index (χ4n) is 6.16. The molecule has 1 heterocycles. The molecule has 0 saturated carbocycles. The molecule has 0 aliphatic carbocycles. The highest BCUT2D eigenvalue weighted by Crippen LogP contribution is 2.40. The van der Waals surface area contributed by atoms with Crippen molar-refractivity contribution in [1.29, 1.82) is 0 Å². The highest BCUT2D eigenvalue weighted by molar-refractivity contribution is 7.91. The number of benzene rings is 2. The number of hydrogen-bond donors (Lipinski definition) is 1. The minimum absolute atomic E-state index is 0.137. The van der Waals surface area contributed by atoms with Crippen molar-refractivity contribution in [3.8, 4) is 5.75 Å². The van der Waals surface area contributed by atoms with Crippen LogP contribution >= 0.6 is 0 Å². The number of sulfone groups is 1. The molecular formula is C33H54N3O3S+. The summed E-state index contributed by atoms with van der Waals surface area (Å²) >= 11 is 0. The quantitative estimate of drug-likeness (QED) is 0.244. The molecule has 40 heavy (non-hydrogen) atoms. The van der Waals surface area contributed by atoms with E-state index < -0.39 is 15.4 Å². The van der Waals surface area contributed by atoms with Crippen molar-refractivity contribution < 1.29 is 17.6 Å². The van der Waals surface area contributed by atoms with Crippen molar-refractivity contribution in [2.45, 2.75) is 89.6 Å². The number of anilines is 1. The van der Waals surface area contributed by atoms with Gasteiger partial charge in [0.25, 0.3) is 0 Å². The maximum Gasteiger partial charge on any atom is 0.180 e. The van der Waals surface area contributed by atoms with Crippen LogP contribution in [0.25, 0.3) is 0 Å². The van der Waals surface area contributed by atoms with Crippen LogP contribution < -0.4 is 15.0 Å². The number of nitrogens with zero attached hydrogens (tertiary/aromatic N) is 2. The molecule has 0 aromatic heterocycles. The monoisotopic (exact) mass is 572 g/mol. The Morgan fingerprint density at radius 2 is 1.52 bits per heavy atom. The number of ether oxygens (including phenoxy) is 1. The largest absolute Gasteiger partial charge is 0.488 e. The second-order valence-corrected chi connectivity index (χ2v) is 13.8. The Bertz CT molecular complexity index is 1160. The summed E-state index contributed by atoms with van der Waals surface area (Å²) in [5.74, 6) is 0.995. The van der Waals surface area contributed by atoms with Crippen molar-refractivity contribution in [3.05, 3.63) is 53.6 Å². The van der Waals surface area contributed by atoms with Crippen molar-refractivity contribution in [2.75, 3.05) is 57.5 Å². The number of fused-ring (bicyclic) bond motifs is 1. The fourth-order valence-corrected chi connectivity index (χ4v) is 8.22. The molecule has 224 valence electrons. The highest BCUT2D eigenvalue weighted by atomic mass is 32.2. The van der Waals surface area contributed by atoms with E-state index in [0.717, 1.165) is 91.8 Å². The summed E-state index contributed by atoms with van der Waals surface area (Å²) in [5.41, 5.74) is 2.44. The number of hydrogen-bond acceptors (Lipinski definition) is 5. The van der Waals surface area contributed by atoms with Crippen molar-refractivity contribution in [1.82, 2.24) is 5.32 Å². The van der Waals surface area contributed by atoms with Gasteiger partial charge in [-0.1, -0.05) is 51.7 Å². The lowest BCUT2D eigenvalue weighted by Crippen LogP contribution is -2.50. The van der Waals surface area contributed by atoms with Crippen LogP contribution in [0.2, 0.25) is 0 Å². The summed E-state index contributed by atoms with van der Waals surface area (Å²) < 4.78 is 35.1. The van der Waals surface area contributed by atoms with Crippen LogP contribution in [0.1, 0.15) is 90.3 Å². The second-order valence-electron chi connectivity index (χ2n) is 11.9. The van der Waals surface area contributed by atoms with Gasteiger partial charge in [-0.3, -0.25) is 5.32 Å². The molecule has 3 rings (SSSR count). The van der Waals surface area contributed by atoms with Gasteiger partial charge >= 0.3 is 0 Å². The van der Waals surface area contributed by atoms with Gasteiger partial charge < -0.3 is 14.1 Å². The molecule has 0 bridgehead atoms. The van der Waals surface area contributed by atoms with Crippen LogP contribution in [-0.4, -0.2) is 71.1 Å². The van der Waals surface area contributed by atoms with Crippen LogP contribution in [0, 0.1) is 0 Å². The Morgan fingerprint density at radius 3 is 2.05 bits per heavy atom. The predicted molar refractivity (Wildman–Crippen MR) is 168 cm³/mol. The Morgan fingerprint density at radius 1 is 0.925 bits per heavy atom. The van der Waals surface area contributed by atoms with Gasteiger partial charge in [0.1, 0.15) is 18.9 Å². The molecule has 1 unspecified atom stereocenters. The first kappa shape index (κ1) is 32.4. The van der Waals surface area contributed by atoms with Crippen molar-refractivity contribution >= 4 is 15.5 Å². The van der Waals surface area contributed by atoms with Gasteiger partial charge in [0.05, 0.1) is 36.3 Å². The van der Waals surface area contributed by atoms with Gasteiger partial charge in [0, 0.05) is 25.3 Å². The van der Waals surface area contributed by atoms with Crippen LogP contribution in [0.4, 0.5) is 5.69 Å². The molecule has 7 heteroatoms. The van der Waals surface area contributed by atoms with Gasteiger partial charge in [-0.2, -0.15) is 0 Å². The average Bonchev–Trinajstić information content (AvgIpc) is 3.05. The van der Waals surface area contributed by atoms with E-state index in [1.165, 1.54) is 0 Å². The summed E-state index contributed by atoms with van der Waals surface area (Å²) in [7, 11) is 0.515. The van der Waals surface area contributed by atoms with E-state index in [1.54, 1.807) is 0 Å². The van der Waals surface area contributed by atoms with E-state index in [9.17, 15) is 8.42 Å². The normalized spacial score (nSPS) is 18.1. The van der Waals surface area contributed by atoms with E-state index >= 15 is 0 Å². The Labute approximate surface area is 244 Å². The molecule has 0 saturated heterocycles. The Kier molecular flexibility index (Phi) is 11.5. The molecule has 2 aromatic rings. The molecule has 1 atom stereocenters. The molecule has 2 aromatic carbocycles. The van der Waals surface area contributed by atoms with Crippen molar-refractivity contribution in [2.24, 2.45) is 0 Å². The molecular weight excluding hydrogens is 518 g/mol. The summed E-state index contributed by atoms with van der Waals surface area (Å²) in [6.45, 7) is 16.1. The third kappa shape index (κ3) is 7.59. The maximum atomic E-state index is 13.9. The fraction of sp³-hybridized carbons (Fsp3) is 0.636. The number of quaternary nitrogens is 1. The third-order valence-electron chi connectivity index (χ3n) is 9.15. The molecule has 1 N–H and O–H groups in total. The van der Waals surface area contributed by atoms with Crippen LogP contribution in [0.5, 0.6) is 5.75 Å². The van der Waals surface area contributed by atoms with Gasteiger partial charge in [-0.05, 0) is 75.1 Å². The minimum atomic E-state index is -3.48. The Hall–Kier alpha value is -2.09. The zero-order valence-electron chi connectivity index (χ0n) is 26.1. The number of likely N-dealkylation sites (N-methyl/N-ethyl adjacent to an activating group) is 1. The number of unbranched alkanes of at least 4 members (excludes halogenated alkanes) is 2. The summed E-state index contributed by atoms with van der Waals surface area (Å²) in [6.07, 6.45) is 5.77. The summed E-state index contributed by atoms with van der Waals surface area (Å²) in [4.78, 5) is 2.49. The zero-order chi connectivity index (χ0) is 29.4. The molecule has 0 spiro atoms. The molecule has 0 amide bonds. The average molecular weight is 573 g/mol. The predicted octanol–water partition coefficient (Wildman–Crippen LogP) is 6.59. The lowest BCUT2D eigenvalue weighted by molar-refractivity contribution is -0.923. The van der Waals surface area contributed by atoms with Crippen LogP contribution in [0.3, 0.4) is 0 Å². The Balaban J connectivity index is 2.01. The summed E-state index contributed by atoms with van der Waals surface area (Å²) in [5, 5.41) is 3.96. The SMILES string of the molecule is CCCCC1(CCCC)CS(=O)(=O)c2ccc(N(C)C)cc2C(c2ccc(OCC[N+](CC)(CC)CC)cc2)N1. The first-order chi connectivity index (χ1) is 19.1. The van der Waals surface area contributed by atoms with Gasteiger partial charge in [-0.25, -0.2) is 8.42 Å². The second kappa shape index (κ2) is 14.2. The lowest BCUT2D eigenvalue weighted by atomic mass is 9.86. The van der Waals surface area contributed by atoms with E-state index in [0.29, 0.717) is 11.5 Å². The molecule has 0 radical (unpaired) electrons. The molecule has 1 aliphatic rings. The van der Waals surface area contributed by atoms with Gasteiger partial charge in [0.15, 0.2) is 9.84 Å². The maximum absolute atomic E-state index is 13.9. The molecule has 1 aliphatic heterocycles. The third-order valence-corrected chi connectivity index (χ3v) is 11.1. The zero-order valence-corrected chi connectivity index (χ0v) is 26.9. The van der Waals surface area contributed by atoms with E-state index in [4.69, 9.17) is 4.74 Å². The molecule has 6 nitrogen and oxygen atoms in total. The van der Waals surface area contributed by atoms with E-state index in [2.05, 4.69) is 58.1 Å². The van der Waals surface area contributed by atoms with E-state index in [-0.39, 0.29) is 11.8 Å². The topological polar surface area (TPSA) is 58.6 Å². The van der Waals surface area contributed by atoms with Gasteiger partial charge in [0.2, 0.25) is 0 Å². The van der Waals surface area contributed by atoms with Gasteiger partial charge in [-0.15, -0.1) is 0 Å². The highest BCUT2D eigenvalue weighted by Gasteiger charge is 2.42. The standard InChI is InChI=1S/C33H54N3O3S/c1-8-13-21-33(22-14-9-2)26-40(37,38)31-20-17-28(35(6)7)25-30(31)32(34-33)27-15-18-29(19-16-27)39-24-23-36(10-3,11-4)12-5/h15-20,25,32,34H,8-14,21-24,26H2,1-7H3/q+1. The minimum Gasteiger partial charge on any atom is -0.488 e. The number of nitrogens with one attached hydrogen (secondary N) is 1. The number of rotatable bonds is 15. The van der Waals surface area contributed by atoms with Crippen LogP contribution in [-0.2, 0) is 9.84 Å². The molecule has 0 fully saturated rings. The van der Waals surface area contributed by atoms with Crippen LogP contribution in [0.15, 0.2) is 47.4 Å². The summed E-state index contributed by atoms with van der Waals surface area (Å²) in [6, 6.07) is 13.9. The first-order valence-electron chi connectivity index (χ1n) is 15.5. The lowest BCUT2D eigenvalue weighted by Gasteiger charge is -2.37. The van der Waals surface area contributed by atoms with Crippen molar-refractivity contribution in [3.63, 3.8) is 0 Å². The first-order valence-corrected chi connectivity index (χ1v) is 17.1. The smallest absolute Gasteiger partial charge is 0.180 e.